The molecule has 28 heavy (non-hydrogen) atoms. The summed E-state index contributed by atoms with van der Waals surface area (Å²) < 4.78 is 7.16. The maximum atomic E-state index is 12.9. The highest BCUT2D eigenvalue weighted by molar-refractivity contribution is 5.99. The summed E-state index contributed by atoms with van der Waals surface area (Å²) in [5.41, 5.74) is 4.37. The maximum Gasteiger partial charge on any atom is 0.259 e. The third kappa shape index (κ3) is 3.44. The van der Waals surface area contributed by atoms with Crippen LogP contribution < -0.4 is 0 Å². The molecule has 140 valence electrons. The summed E-state index contributed by atoms with van der Waals surface area (Å²) in [6.07, 6.45) is 5.19. The molecule has 0 N–H and O–H groups in total. The van der Waals surface area contributed by atoms with Crippen LogP contribution in [-0.2, 0) is 6.54 Å². The first-order valence-corrected chi connectivity index (χ1v) is 8.98. The Labute approximate surface area is 163 Å². The van der Waals surface area contributed by atoms with Crippen LogP contribution in [0.5, 0.6) is 0 Å². The number of hydrogen-bond acceptors (Lipinski definition) is 4. The number of hydrogen-bond donors (Lipinski definition) is 0. The monoisotopic (exact) mass is 372 g/mol. The van der Waals surface area contributed by atoms with Crippen LogP contribution in [0, 0.1) is 6.92 Å². The van der Waals surface area contributed by atoms with Crippen LogP contribution in [-0.4, -0.2) is 32.8 Å². The average Bonchev–Trinajstić information content (AvgIpc) is 3.38. The molecule has 4 aromatic rings. The van der Waals surface area contributed by atoms with Gasteiger partial charge in [0.05, 0.1) is 18.1 Å². The van der Waals surface area contributed by atoms with Crippen LogP contribution in [0.4, 0.5) is 0 Å². The van der Waals surface area contributed by atoms with E-state index in [9.17, 15) is 4.79 Å². The molecule has 6 nitrogen and oxygen atoms in total. The smallest absolute Gasteiger partial charge is 0.259 e. The fourth-order valence-electron chi connectivity index (χ4n) is 3.13. The van der Waals surface area contributed by atoms with Gasteiger partial charge in [-0.25, -0.2) is 4.68 Å². The maximum absolute atomic E-state index is 12.9. The van der Waals surface area contributed by atoms with E-state index in [4.69, 9.17) is 4.52 Å². The van der Waals surface area contributed by atoms with Crippen molar-refractivity contribution in [3.8, 4) is 17.0 Å². The summed E-state index contributed by atoms with van der Waals surface area (Å²) in [5, 5.41) is 8.26. The molecule has 0 radical (unpaired) electrons. The van der Waals surface area contributed by atoms with Crippen LogP contribution >= 0.6 is 0 Å². The van der Waals surface area contributed by atoms with Crippen molar-refractivity contribution in [1.82, 2.24) is 19.8 Å². The number of carbonyl (C=O) groups excluding carboxylic acids is 1. The Kier molecular flexibility index (Phi) is 4.76. The van der Waals surface area contributed by atoms with Crippen molar-refractivity contribution in [2.24, 2.45) is 0 Å². The summed E-state index contributed by atoms with van der Waals surface area (Å²) in [4.78, 5) is 14.6. The highest BCUT2D eigenvalue weighted by atomic mass is 16.5. The highest BCUT2D eigenvalue weighted by Gasteiger charge is 2.21. The second kappa shape index (κ2) is 7.52. The number of amides is 1. The third-order valence-corrected chi connectivity index (χ3v) is 4.60. The van der Waals surface area contributed by atoms with Gasteiger partial charge in [0.1, 0.15) is 5.56 Å². The van der Waals surface area contributed by atoms with E-state index in [1.807, 2.05) is 72.4 Å². The molecule has 2 aromatic carbocycles. The molecule has 2 heterocycles. The topological polar surface area (TPSA) is 64.2 Å². The average molecular weight is 372 g/mol. The number of carbonyl (C=O) groups is 1. The van der Waals surface area contributed by atoms with E-state index < -0.39 is 0 Å². The molecule has 0 aliphatic rings. The number of aromatic nitrogens is 3. The second-order valence-corrected chi connectivity index (χ2v) is 6.68. The normalized spacial score (nSPS) is 10.8. The highest BCUT2D eigenvalue weighted by Crippen LogP contribution is 2.24. The Balaban J connectivity index is 1.52. The van der Waals surface area contributed by atoms with Crippen molar-refractivity contribution in [1.29, 1.82) is 0 Å². The van der Waals surface area contributed by atoms with E-state index >= 15 is 0 Å². The molecule has 0 aliphatic heterocycles. The molecule has 0 saturated heterocycles. The lowest BCUT2D eigenvalue weighted by Gasteiger charge is -2.15. The number of benzene rings is 2. The molecule has 1 amide bonds. The molecule has 0 saturated carbocycles. The summed E-state index contributed by atoms with van der Waals surface area (Å²) in [6.45, 7) is 2.48. The Morgan fingerprint density at radius 2 is 1.82 bits per heavy atom. The van der Waals surface area contributed by atoms with E-state index in [2.05, 4.69) is 10.3 Å². The quantitative estimate of drug-likeness (QED) is 0.529. The van der Waals surface area contributed by atoms with E-state index in [0.29, 0.717) is 17.9 Å². The zero-order valence-electron chi connectivity index (χ0n) is 15.7. The van der Waals surface area contributed by atoms with Crippen molar-refractivity contribution in [3.63, 3.8) is 0 Å². The fourth-order valence-corrected chi connectivity index (χ4v) is 3.13. The summed E-state index contributed by atoms with van der Waals surface area (Å²) in [5.74, 6) is 0.330. The van der Waals surface area contributed by atoms with Gasteiger partial charge in [-0.3, -0.25) is 4.79 Å². The number of rotatable bonds is 5. The molecule has 0 spiro atoms. The van der Waals surface area contributed by atoms with Crippen LogP contribution in [0.2, 0.25) is 0 Å². The summed E-state index contributed by atoms with van der Waals surface area (Å²) in [7, 11) is 1.76. The molecule has 0 fully saturated rings. The Morgan fingerprint density at radius 3 is 2.61 bits per heavy atom. The lowest BCUT2D eigenvalue weighted by atomic mass is 10.1. The van der Waals surface area contributed by atoms with Gasteiger partial charge in [0.2, 0.25) is 0 Å². The molecule has 0 atom stereocenters. The van der Waals surface area contributed by atoms with E-state index in [1.165, 1.54) is 6.20 Å². The van der Waals surface area contributed by atoms with Crippen LogP contribution in [0.3, 0.4) is 0 Å². The first kappa shape index (κ1) is 17.7. The predicted octanol–water partition coefficient (Wildman–Crippen LogP) is 4.11. The summed E-state index contributed by atoms with van der Waals surface area (Å²) in [6, 6.07) is 17.5. The van der Waals surface area contributed by atoms with E-state index in [0.717, 1.165) is 22.4 Å². The largest absolute Gasteiger partial charge is 0.355 e. The molecular formula is C22H20N4O2. The van der Waals surface area contributed by atoms with E-state index in [1.54, 1.807) is 18.1 Å². The van der Waals surface area contributed by atoms with Gasteiger partial charge in [-0.05, 0) is 18.6 Å². The number of para-hydroxylation sites is 1. The molecule has 0 unspecified atom stereocenters. The zero-order valence-corrected chi connectivity index (χ0v) is 15.7. The predicted molar refractivity (Wildman–Crippen MR) is 106 cm³/mol. The van der Waals surface area contributed by atoms with Gasteiger partial charge in [0.15, 0.2) is 5.76 Å². The zero-order chi connectivity index (χ0) is 19.5. The molecule has 2 aromatic heterocycles. The van der Waals surface area contributed by atoms with E-state index in [-0.39, 0.29) is 5.91 Å². The van der Waals surface area contributed by atoms with Gasteiger partial charge >= 0.3 is 0 Å². The molecule has 6 heteroatoms. The van der Waals surface area contributed by atoms with Gasteiger partial charge in [0, 0.05) is 30.9 Å². The molecular weight excluding hydrogens is 352 g/mol. The van der Waals surface area contributed by atoms with Crippen LogP contribution in [0.1, 0.15) is 21.5 Å². The first-order chi connectivity index (χ1) is 13.6. The first-order valence-electron chi connectivity index (χ1n) is 8.98. The van der Waals surface area contributed by atoms with Crippen LogP contribution in [0.25, 0.3) is 17.0 Å². The second-order valence-electron chi connectivity index (χ2n) is 6.68. The molecule has 0 aliphatic carbocycles. The van der Waals surface area contributed by atoms with Crippen LogP contribution in [0.15, 0.2) is 77.7 Å². The van der Waals surface area contributed by atoms with Gasteiger partial charge in [0.25, 0.3) is 5.91 Å². The lowest BCUT2D eigenvalue weighted by molar-refractivity contribution is 0.0785. The van der Waals surface area contributed by atoms with Crippen molar-refractivity contribution in [2.45, 2.75) is 13.5 Å². The van der Waals surface area contributed by atoms with Gasteiger partial charge in [-0.15, -0.1) is 0 Å². The van der Waals surface area contributed by atoms with Crippen molar-refractivity contribution < 1.29 is 9.32 Å². The van der Waals surface area contributed by atoms with Crippen molar-refractivity contribution in [3.05, 3.63) is 89.9 Å². The number of aryl methyl sites for hydroxylation is 1. The fraction of sp³-hybridized carbons (Fsp3) is 0.136. The van der Waals surface area contributed by atoms with Gasteiger partial charge < -0.3 is 9.42 Å². The Hall–Kier alpha value is -3.67. The van der Waals surface area contributed by atoms with Crippen molar-refractivity contribution in [2.75, 3.05) is 7.05 Å². The number of nitrogens with zero attached hydrogens (tertiary/aromatic N) is 4. The Morgan fingerprint density at radius 1 is 1.07 bits per heavy atom. The minimum Gasteiger partial charge on any atom is -0.355 e. The standard InChI is InChI=1S/C22H20N4O2/c1-16-8-6-7-11-20(16)26-15-17(12-23-26)14-25(2)22(27)19-13-24-28-21(19)18-9-4-3-5-10-18/h3-13,15H,14H2,1-2H3. The minimum atomic E-state index is -0.149. The lowest BCUT2D eigenvalue weighted by Crippen LogP contribution is -2.26. The summed E-state index contributed by atoms with van der Waals surface area (Å²) >= 11 is 0. The minimum absolute atomic E-state index is 0.149. The molecule has 4 rings (SSSR count). The van der Waals surface area contributed by atoms with Gasteiger partial charge in [-0.2, -0.15) is 5.10 Å². The van der Waals surface area contributed by atoms with Gasteiger partial charge in [-0.1, -0.05) is 53.7 Å². The van der Waals surface area contributed by atoms with Crippen molar-refractivity contribution >= 4 is 5.91 Å². The third-order valence-electron chi connectivity index (χ3n) is 4.60. The SMILES string of the molecule is Cc1ccccc1-n1cc(CN(C)C(=O)c2cnoc2-c2ccccc2)cn1. The molecule has 0 bridgehead atoms. The Bertz CT molecular complexity index is 1100.